The third-order valence-electron chi connectivity index (χ3n) is 3.77. The van der Waals surface area contributed by atoms with Crippen molar-refractivity contribution in [3.05, 3.63) is 36.3 Å². The zero-order chi connectivity index (χ0) is 14.1. The molecule has 1 aliphatic rings. The molecule has 0 aliphatic heterocycles. The maximum Gasteiger partial charge on any atom is 0.0970 e. The Morgan fingerprint density at radius 2 is 2.26 bits per heavy atom. The van der Waals surface area contributed by atoms with Crippen molar-refractivity contribution in [2.24, 2.45) is 11.8 Å². The molecule has 2 atom stereocenters. The molecule has 2 unspecified atom stereocenters. The lowest BCUT2D eigenvalue weighted by Crippen LogP contribution is -2.12. The molecular weight excluding hydrogens is 236 g/mol. The van der Waals surface area contributed by atoms with Crippen LogP contribution in [-0.2, 0) is 9.47 Å². The highest BCUT2D eigenvalue weighted by atomic mass is 16.5. The molecule has 0 aromatic carbocycles. The molecule has 0 radical (unpaired) electrons. The van der Waals surface area contributed by atoms with Crippen LogP contribution in [0.2, 0.25) is 0 Å². The van der Waals surface area contributed by atoms with E-state index in [9.17, 15) is 0 Å². The van der Waals surface area contributed by atoms with Crippen molar-refractivity contribution in [3.63, 3.8) is 0 Å². The Morgan fingerprint density at radius 1 is 1.47 bits per heavy atom. The Bertz CT molecular complexity index is 328. The fraction of sp³-hybridized carbons (Fsp3) is 0.647. The average Bonchev–Trinajstić information content (AvgIpc) is 2.47. The Hall–Kier alpha value is -1.18. The van der Waals surface area contributed by atoms with Gasteiger partial charge in [0.15, 0.2) is 0 Å². The molecule has 1 aliphatic carbocycles. The number of hydrogen-bond acceptors (Lipinski definition) is 2. The van der Waals surface area contributed by atoms with E-state index in [-0.39, 0.29) is 5.92 Å². The minimum absolute atomic E-state index is 0.251. The van der Waals surface area contributed by atoms with Crippen LogP contribution in [-0.4, -0.2) is 13.7 Å². The van der Waals surface area contributed by atoms with Crippen LogP contribution in [0.1, 0.15) is 46.0 Å². The maximum atomic E-state index is 5.97. The first kappa shape index (κ1) is 15.9. The number of hydrogen-bond donors (Lipinski definition) is 0. The highest BCUT2D eigenvalue weighted by molar-refractivity contribution is 5.20. The third-order valence-corrected chi connectivity index (χ3v) is 3.77. The van der Waals surface area contributed by atoms with Gasteiger partial charge >= 0.3 is 0 Å². The second-order valence-corrected chi connectivity index (χ2v) is 5.23. The van der Waals surface area contributed by atoms with Crippen LogP contribution in [0.4, 0.5) is 0 Å². The van der Waals surface area contributed by atoms with Gasteiger partial charge in [-0.3, -0.25) is 0 Å². The number of rotatable bonds is 9. The molecule has 0 saturated heterocycles. The van der Waals surface area contributed by atoms with E-state index in [0.29, 0.717) is 5.92 Å². The van der Waals surface area contributed by atoms with E-state index in [2.05, 4.69) is 32.6 Å². The van der Waals surface area contributed by atoms with Crippen molar-refractivity contribution in [1.29, 1.82) is 0 Å². The molecule has 2 heteroatoms. The van der Waals surface area contributed by atoms with Crippen LogP contribution in [0.15, 0.2) is 36.3 Å². The van der Waals surface area contributed by atoms with Crippen LogP contribution < -0.4 is 0 Å². The Balaban J connectivity index is 2.38. The van der Waals surface area contributed by atoms with Crippen LogP contribution in [0.5, 0.6) is 0 Å². The van der Waals surface area contributed by atoms with Gasteiger partial charge in [0.1, 0.15) is 0 Å². The second-order valence-electron chi connectivity index (χ2n) is 5.23. The molecule has 0 amide bonds. The summed E-state index contributed by atoms with van der Waals surface area (Å²) in [4.78, 5) is 0. The lowest BCUT2D eigenvalue weighted by molar-refractivity contribution is 0.140. The first-order valence-corrected chi connectivity index (χ1v) is 7.44. The summed E-state index contributed by atoms with van der Waals surface area (Å²) in [5.41, 5.74) is 0. The molecule has 0 saturated carbocycles. The van der Waals surface area contributed by atoms with Gasteiger partial charge < -0.3 is 9.47 Å². The second kappa shape index (κ2) is 8.84. The lowest BCUT2D eigenvalue weighted by atomic mass is 9.97. The SMILES string of the molecule is C=C(OC)C1C=CC=C(OCC(CC)CCCC)C1. The van der Waals surface area contributed by atoms with Crippen molar-refractivity contribution in [1.82, 2.24) is 0 Å². The van der Waals surface area contributed by atoms with Gasteiger partial charge in [-0.05, 0) is 18.4 Å². The largest absolute Gasteiger partial charge is 0.501 e. The molecule has 0 aromatic heterocycles. The first-order valence-electron chi connectivity index (χ1n) is 7.44. The zero-order valence-electron chi connectivity index (χ0n) is 12.7. The van der Waals surface area contributed by atoms with E-state index >= 15 is 0 Å². The van der Waals surface area contributed by atoms with E-state index < -0.39 is 0 Å². The van der Waals surface area contributed by atoms with E-state index in [0.717, 1.165) is 24.5 Å². The van der Waals surface area contributed by atoms with Gasteiger partial charge in [0.2, 0.25) is 0 Å². The number of ether oxygens (including phenoxy) is 2. The standard InChI is InChI=1S/C17H28O2/c1-5-7-9-15(6-2)13-19-17-11-8-10-16(12-17)14(3)18-4/h8,10-11,15-16H,3,5-7,9,12-13H2,1-2,4H3. The lowest BCUT2D eigenvalue weighted by Gasteiger charge is -2.22. The minimum atomic E-state index is 0.251. The van der Waals surface area contributed by atoms with Crippen LogP contribution in [0.3, 0.4) is 0 Å². The van der Waals surface area contributed by atoms with Gasteiger partial charge in [0.25, 0.3) is 0 Å². The fourth-order valence-corrected chi connectivity index (χ4v) is 2.25. The molecule has 0 N–H and O–H groups in total. The highest BCUT2D eigenvalue weighted by Crippen LogP contribution is 2.26. The van der Waals surface area contributed by atoms with Gasteiger partial charge in [0.05, 0.1) is 25.2 Å². The number of methoxy groups -OCH3 is 1. The Morgan fingerprint density at radius 3 is 2.89 bits per heavy atom. The summed E-state index contributed by atoms with van der Waals surface area (Å²) in [5, 5.41) is 0. The smallest absolute Gasteiger partial charge is 0.0970 e. The average molecular weight is 264 g/mol. The molecule has 1 rings (SSSR count). The van der Waals surface area contributed by atoms with Crippen molar-refractivity contribution in [3.8, 4) is 0 Å². The van der Waals surface area contributed by atoms with E-state index in [1.54, 1.807) is 7.11 Å². The molecule has 0 aromatic rings. The first-order chi connectivity index (χ1) is 9.21. The predicted molar refractivity (Wildman–Crippen MR) is 80.7 cm³/mol. The summed E-state index contributed by atoms with van der Waals surface area (Å²) in [5.74, 6) is 2.79. The summed E-state index contributed by atoms with van der Waals surface area (Å²) < 4.78 is 11.2. The molecule has 108 valence electrons. The van der Waals surface area contributed by atoms with Crippen molar-refractivity contribution >= 4 is 0 Å². The summed E-state index contributed by atoms with van der Waals surface area (Å²) in [6.07, 6.45) is 12.1. The van der Waals surface area contributed by atoms with Crippen molar-refractivity contribution in [2.45, 2.75) is 46.0 Å². The van der Waals surface area contributed by atoms with Crippen molar-refractivity contribution < 1.29 is 9.47 Å². The quantitative estimate of drug-likeness (QED) is 0.555. The van der Waals surface area contributed by atoms with Crippen molar-refractivity contribution in [2.75, 3.05) is 13.7 Å². The molecular formula is C17H28O2. The Labute approximate surface area is 118 Å². The third kappa shape index (κ3) is 5.54. The minimum Gasteiger partial charge on any atom is -0.501 e. The molecule has 0 spiro atoms. The molecule has 0 fully saturated rings. The fourth-order valence-electron chi connectivity index (χ4n) is 2.25. The maximum absolute atomic E-state index is 5.97. The van der Waals surface area contributed by atoms with Crippen LogP contribution in [0, 0.1) is 11.8 Å². The number of allylic oxidation sites excluding steroid dienone is 4. The zero-order valence-corrected chi connectivity index (χ0v) is 12.7. The monoisotopic (exact) mass is 264 g/mol. The van der Waals surface area contributed by atoms with E-state index in [1.165, 1.54) is 25.7 Å². The van der Waals surface area contributed by atoms with E-state index in [1.807, 2.05) is 6.08 Å². The van der Waals surface area contributed by atoms with E-state index in [4.69, 9.17) is 9.47 Å². The molecule has 0 bridgehead atoms. The molecule has 0 heterocycles. The Kier molecular flexibility index (Phi) is 7.39. The summed E-state index contributed by atoms with van der Waals surface area (Å²) in [6.45, 7) is 9.25. The highest BCUT2D eigenvalue weighted by Gasteiger charge is 2.17. The topological polar surface area (TPSA) is 18.5 Å². The van der Waals surface area contributed by atoms with Crippen LogP contribution in [0.25, 0.3) is 0 Å². The van der Waals surface area contributed by atoms with Gasteiger partial charge in [0, 0.05) is 12.3 Å². The van der Waals surface area contributed by atoms with Crippen LogP contribution >= 0.6 is 0 Å². The summed E-state index contributed by atoms with van der Waals surface area (Å²) >= 11 is 0. The normalized spacial score (nSPS) is 19.7. The summed E-state index contributed by atoms with van der Waals surface area (Å²) in [6, 6.07) is 0. The summed E-state index contributed by atoms with van der Waals surface area (Å²) in [7, 11) is 1.67. The van der Waals surface area contributed by atoms with Gasteiger partial charge in [-0.2, -0.15) is 0 Å². The van der Waals surface area contributed by atoms with Gasteiger partial charge in [-0.1, -0.05) is 51.8 Å². The molecule has 2 nitrogen and oxygen atoms in total. The van der Waals surface area contributed by atoms with Gasteiger partial charge in [-0.25, -0.2) is 0 Å². The number of unbranched alkanes of at least 4 members (excludes halogenated alkanes) is 1. The molecule has 19 heavy (non-hydrogen) atoms. The van der Waals surface area contributed by atoms with Gasteiger partial charge in [-0.15, -0.1) is 0 Å². The predicted octanol–water partition coefficient (Wildman–Crippen LogP) is 4.84.